The fourth-order valence-electron chi connectivity index (χ4n) is 2.98. The molecule has 0 aliphatic rings. The van der Waals surface area contributed by atoms with Crippen molar-refractivity contribution in [3.05, 3.63) is 95.3 Å². The third-order valence-corrected chi connectivity index (χ3v) is 4.45. The molecule has 2 aromatic carbocycles. The molecule has 0 atom stereocenters. The predicted molar refractivity (Wildman–Crippen MR) is 111 cm³/mol. The first-order valence-corrected chi connectivity index (χ1v) is 9.59. The van der Waals surface area contributed by atoms with Crippen molar-refractivity contribution in [1.82, 2.24) is 9.88 Å². The van der Waals surface area contributed by atoms with Crippen LogP contribution in [0.25, 0.3) is 0 Å². The summed E-state index contributed by atoms with van der Waals surface area (Å²) in [5.74, 6) is 0.609. The van der Waals surface area contributed by atoms with Gasteiger partial charge in [-0.1, -0.05) is 31.2 Å². The molecule has 0 N–H and O–H groups in total. The Hall–Kier alpha value is -3.65. The molecule has 0 radical (unpaired) electrons. The maximum Gasteiger partial charge on any atom is 0.254 e. The number of ether oxygens (including phenoxy) is 1. The molecule has 29 heavy (non-hydrogen) atoms. The molecular formula is C24H23N3O2. The zero-order chi connectivity index (χ0) is 20.5. The van der Waals surface area contributed by atoms with Crippen molar-refractivity contribution in [3.8, 4) is 11.8 Å². The van der Waals surface area contributed by atoms with Gasteiger partial charge in [-0.3, -0.25) is 9.78 Å². The molecule has 5 heteroatoms. The summed E-state index contributed by atoms with van der Waals surface area (Å²) < 4.78 is 5.83. The van der Waals surface area contributed by atoms with E-state index >= 15 is 0 Å². The summed E-state index contributed by atoms with van der Waals surface area (Å²) in [4.78, 5) is 19.0. The Morgan fingerprint density at radius 1 is 1.10 bits per heavy atom. The standard InChI is InChI=1S/C24H23N3O2/c1-2-13-27(17-20-10-8-19(15-25)9-11-20)24(28)22-6-3-7-23(14-22)29-18-21-5-4-12-26-16-21/h3-12,14,16H,2,13,17-18H2,1H3. The highest BCUT2D eigenvalue weighted by Crippen LogP contribution is 2.18. The first-order chi connectivity index (χ1) is 14.2. The van der Waals surface area contributed by atoms with Gasteiger partial charge in [0, 0.05) is 36.6 Å². The zero-order valence-electron chi connectivity index (χ0n) is 16.4. The number of carbonyl (C=O) groups is 1. The summed E-state index contributed by atoms with van der Waals surface area (Å²) in [5.41, 5.74) is 3.17. The molecule has 5 nitrogen and oxygen atoms in total. The van der Waals surface area contributed by atoms with Crippen molar-refractivity contribution in [3.63, 3.8) is 0 Å². The van der Waals surface area contributed by atoms with E-state index in [0.29, 0.717) is 36.6 Å². The predicted octanol–water partition coefficient (Wildman–Crippen LogP) is 4.58. The van der Waals surface area contributed by atoms with Crippen LogP contribution in [0.3, 0.4) is 0 Å². The minimum absolute atomic E-state index is 0.0389. The highest BCUT2D eigenvalue weighted by Gasteiger charge is 2.16. The number of nitriles is 1. The first-order valence-electron chi connectivity index (χ1n) is 9.59. The maximum absolute atomic E-state index is 13.1. The van der Waals surface area contributed by atoms with Crippen molar-refractivity contribution in [2.45, 2.75) is 26.5 Å². The number of nitrogens with zero attached hydrogens (tertiary/aromatic N) is 3. The monoisotopic (exact) mass is 385 g/mol. The molecule has 0 aliphatic heterocycles. The Morgan fingerprint density at radius 3 is 2.62 bits per heavy atom. The summed E-state index contributed by atoms with van der Waals surface area (Å²) >= 11 is 0. The van der Waals surface area contributed by atoms with Gasteiger partial charge in [-0.05, 0) is 48.4 Å². The molecule has 146 valence electrons. The second-order valence-electron chi connectivity index (χ2n) is 6.71. The first kappa shape index (κ1) is 20.1. The number of pyridine rings is 1. The largest absolute Gasteiger partial charge is 0.489 e. The molecule has 0 unspecified atom stereocenters. The second kappa shape index (κ2) is 10.0. The Kier molecular flexibility index (Phi) is 6.96. The molecule has 1 heterocycles. The Labute approximate surface area is 171 Å². The maximum atomic E-state index is 13.1. The summed E-state index contributed by atoms with van der Waals surface area (Å²) in [6.07, 6.45) is 4.34. The van der Waals surface area contributed by atoms with Crippen molar-refractivity contribution in [2.24, 2.45) is 0 Å². The topological polar surface area (TPSA) is 66.2 Å². The van der Waals surface area contributed by atoms with Crippen LogP contribution < -0.4 is 4.74 Å². The summed E-state index contributed by atoms with van der Waals surface area (Å²) in [7, 11) is 0. The lowest BCUT2D eigenvalue weighted by Gasteiger charge is -2.22. The van der Waals surface area contributed by atoms with Crippen molar-refractivity contribution < 1.29 is 9.53 Å². The second-order valence-corrected chi connectivity index (χ2v) is 6.71. The van der Waals surface area contributed by atoms with E-state index in [0.717, 1.165) is 17.5 Å². The molecular weight excluding hydrogens is 362 g/mol. The summed E-state index contributed by atoms with van der Waals surface area (Å²) in [5, 5.41) is 8.94. The fraction of sp³-hybridized carbons (Fsp3) is 0.208. The van der Waals surface area contributed by atoms with E-state index < -0.39 is 0 Å². The van der Waals surface area contributed by atoms with E-state index in [4.69, 9.17) is 10.00 Å². The normalized spacial score (nSPS) is 10.2. The van der Waals surface area contributed by atoms with Crippen molar-refractivity contribution in [1.29, 1.82) is 5.26 Å². The van der Waals surface area contributed by atoms with Crippen LogP contribution in [0.2, 0.25) is 0 Å². The van der Waals surface area contributed by atoms with Gasteiger partial charge in [0.1, 0.15) is 12.4 Å². The van der Waals surface area contributed by atoms with Crippen LogP contribution in [-0.2, 0) is 13.2 Å². The molecule has 3 rings (SSSR count). The van der Waals surface area contributed by atoms with E-state index in [-0.39, 0.29) is 5.91 Å². The molecule has 3 aromatic rings. The van der Waals surface area contributed by atoms with Crippen LogP contribution >= 0.6 is 0 Å². The Bertz CT molecular complexity index is 979. The lowest BCUT2D eigenvalue weighted by Crippen LogP contribution is -2.31. The average Bonchev–Trinajstić information content (AvgIpc) is 2.78. The van der Waals surface area contributed by atoms with Crippen LogP contribution in [-0.4, -0.2) is 22.3 Å². The quantitative estimate of drug-likeness (QED) is 0.569. The molecule has 0 aliphatic carbocycles. The van der Waals surface area contributed by atoms with Gasteiger partial charge < -0.3 is 9.64 Å². The van der Waals surface area contributed by atoms with E-state index in [9.17, 15) is 4.79 Å². The highest BCUT2D eigenvalue weighted by atomic mass is 16.5. The number of aromatic nitrogens is 1. The lowest BCUT2D eigenvalue weighted by molar-refractivity contribution is 0.0742. The van der Waals surface area contributed by atoms with E-state index in [1.165, 1.54) is 0 Å². The van der Waals surface area contributed by atoms with Crippen LogP contribution in [0.4, 0.5) is 0 Å². The zero-order valence-corrected chi connectivity index (χ0v) is 16.4. The highest BCUT2D eigenvalue weighted by molar-refractivity contribution is 5.94. The van der Waals surface area contributed by atoms with Gasteiger partial charge in [0.25, 0.3) is 5.91 Å². The minimum Gasteiger partial charge on any atom is -0.489 e. The van der Waals surface area contributed by atoms with Crippen molar-refractivity contribution in [2.75, 3.05) is 6.54 Å². The number of rotatable bonds is 8. The third kappa shape index (κ3) is 5.66. The smallest absolute Gasteiger partial charge is 0.254 e. The van der Waals surface area contributed by atoms with Gasteiger partial charge in [0.2, 0.25) is 0 Å². The van der Waals surface area contributed by atoms with Crippen LogP contribution in [0.1, 0.15) is 40.4 Å². The van der Waals surface area contributed by atoms with Gasteiger partial charge in [-0.15, -0.1) is 0 Å². The van der Waals surface area contributed by atoms with Gasteiger partial charge >= 0.3 is 0 Å². The Morgan fingerprint density at radius 2 is 1.93 bits per heavy atom. The van der Waals surface area contributed by atoms with Gasteiger partial charge in [0.15, 0.2) is 0 Å². The van der Waals surface area contributed by atoms with Gasteiger partial charge in [-0.25, -0.2) is 0 Å². The number of hydrogen-bond donors (Lipinski definition) is 0. The number of benzene rings is 2. The van der Waals surface area contributed by atoms with Crippen LogP contribution in [0.15, 0.2) is 73.1 Å². The Balaban J connectivity index is 1.70. The summed E-state index contributed by atoms with van der Waals surface area (Å²) in [6.45, 7) is 3.60. The lowest BCUT2D eigenvalue weighted by atomic mass is 10.1. The van der Waals surface area contributed by atoms with Crippen molar-refractivity contribution >= 4 is 5.91 Å². The molecule has 0 spiro atoms. The fourth-order valence-corrected chi connectivity index (χ4v) is 2.98. The number of hydrogen-bond acceptors (Lipinski definition) is 4. The molecule has 1 amide bonds. The van der Waals surface area contributed by atoms with Crippen LogP contribution in [0.5, 0.6) is 5.75 Å². The molecule has 0 bridgehead atoms. The number of amides is 1. The SMILES string of the molecule is CCCN(Cc1ccc(C#N)cc1)C(=O)c1cccc(OCc2cccnc2)c1. The molecule has 0 saturated heterocycles. The summed E-state index contributed by atoms with van der Waals surface area (Å²) in [6, 6.07) is 20.5. The molecule has 0 saturated carbocycles. The molecule has 0 fully saturated rings. The van der Waals surface area contributed by atoms with E-state index in [1.807, 2.05) is 48.2 Å². The average molecular weight is 385 g/mol. The van der Waals surface area contributed by atoms with Crippen LogP contribution in [0, 0.1) is 11.3 Å². The van der Waals surface area contributed by atoms with Gasteiger partial charge in [0.05, 0.1) is 11.6 Å². The third-order valence-electron chi connectivity index (χ3n) is 4.45. The molecule has 1 aromatic heterocycles. The van der Waals surface area contributed by atoms with Gasteiger partial charge in [-0.2, -0.15) is 5.26 Å². The minimum atomic E-state index is -0.0389. The van der Waals surface area contributed by atoms with E-state index in [2.05, 4.69) is 11.1 Å². The van der Waals surface area contributed by atoms with E-state index in [1.54, 1.807) is 36.7 Å². The number of carbonyl (C=O) groups excluding carboxylic acids is 1.